The van der Waals surface area contributed by atoms with Gasteiger partial charge in [0.15, 0.2) is 0 Å². The van der Waals surface area contributed by atoms with Crippen molar-refractivity contribution in [1.29, 1.82) is 0 Å². The van der Waals surface area contributed by atoms with Crippen LogP contribution in [0.4, 0.5) is 0 Å². The topological polar surface area (TPSA) is 111 Å². The first-order valence-electron chi connectivity index (χ1n) is 30.1. The summed E-state index contributed by atoms with van der Waals surface area (Å²) in [5.41, 5.74) is 0. The molecule has 0 fully saturated rings. The highest BCUT2D eigenvalue weighted by atomic mass is 31.2. The Morgan fingerprint density at radius 3 is 1.31 bits per heavy atom. The Morgan fingerprint density at radius 2 is 0.847 bits per heavy atom. The number of hydrogen-bond acceptors (Lipinski definition) is 6. The number of allylic oxidation sites excluding steroid dienone is 9. The predicted molar refractivity (Wildman–Crippen MR) is 309 cm³/mol. The molecule has 3 atom stereocenters. The number of phosphoric acid groups is 1. The monoisotopic (exact) mass is 1030 g/mol. The Labute approximate surface area is 445 Å². The molecule has 72 heavy (non-hydrogen) atoms. The first-order valence-corrected chi connectivity index (χ1v) is 31.6. The van der Waals surface area contributed by atoms with Crippen LogP contribution in [0.15, 0.2) is 60.8 Å². The van der Waals surface area contributed by atoms with Gasteiger partial charge in [-0.25, -0.2) is 4.57 Å². The molecule has 0 bridgehead atoms. The molecule has 2 N–H and O–H groups in total. The minimum atomic E-state index is -4.45. The molecule has 0 aliphatic carbocycles. The maximum absolute atomic E-state index is 13.5. The van der Waals surface area contributed by atoms with Crippen molar-refractivity contribution in [2.45, 2.75) is 283 Å². The normalized spacial score (nSPS) is 14.2. The standard InChI is InChI=1S/C62H115N2O7P/c1-7-10-13-16-19-22-25-28-30-31-32-33-34-37-40-43-46-49-52-55-62(66)71-60(53-50-47-44-41-38-35-27-24-21-18-15-12-9-3)59(58-70-72(67,68)69-57-56-64(4,5)6)63-61(65)54-51-48-45-42-39-36-29-26-23-20-17-14-11-8-2/h19,22,28,30,32-33,37,40,50,53,59-60H,7-18,20-21,23-27,29,31,34-36,38-39,41-49,51-52,54-58H2,1-6H3,(H-,63,65,67,68)/p+1/b22-19-,30-28-,33-32-,40-37-,53-50+. The number of carbonyl (C=O) groups excluding carboxylic acids is 2. The van der Waals surface area contributed by atoms with Gasteiger partial charge >= 0.3 is 13.8 Å². The minimum absolute atomic E-state index is 0.0348. The molecule has 0 heterocycles. The molecule has 0 saturated carbocycles. The SMILES string of the molecule is CCCCC/C=C\C/C=C\C/C=C\C/C=C\CCCCCC(=O)OC(/C=C/CCCCCCCCCCCCC)C(COP(=O)(O)OCC[N+](C)(C)C)NC(=O)CCCCCCCCCCCCCCCC. The molecule has 0 rings (SSSR count). The number of rotatable bonds is 54. The second-order valence-electron chi connectivity index (χ2n) is 21.5. The van der Waals surface area contributed by atoms with Crippen molar-refractivity contribution in [3.8, 4) is 0 Å². The summed E-state index contributed by atoms with van der Waals surface area (Å²) >= 11 is 0. The molecule has 0 aliphatic heterocycles. The number of unbranched alkanes of at least 4 members (excludes halogenated alkanes) is 30. The fourth-order valence-electron chi connectivity index (χ4n) is 8.51. The summed E-state index contributed by atoms with van der Waals surface area (Å²) in [5, 5.41) is 3.05. The van der Waals surface area contributed by atoms with E-state index >= 15 is 0 Å². The largest absolute Gasteiger partial charge is 0.472 e. The summed E-state index contributed by atoms with van der Waals surface area (Å²) in [4.78, 5) is 37.6. The molecule has 0 spiro atoms. The average molecular weight is 1030 g/mol. The summed E-state index contributed by atoms with van der Waals surface area (Å²) in [5.74, 6) is -0.535. The van der Waals surface area contributed by atoms with Gasteiger partial charge in [-0.3, -0.25) is 18.6 Å². The van der Waals surface area contributed by atoms with Crippen molar-refractivity contribution < 1.29 is 37.3 Å². The van der Waals surface area contributed by atoms with E-state index in [1.807, 2.05) is 33.3 Å². The smallest absolute Gasteiger partial charge is 0.456 e. The van der Waals surface area contributed by atoms with Crippen LogP contribution in [-0.2, 0) is 27.9 Å². The van der Waals surface area contributed by atoms with E-state index in [0.717, 1.165) is 77.0 Å². The van der Waals surface area contributed by atoms with E-state index in [-0.39, 0.29) is 31.5 Å². The Kier molecular flexibility index (Phi) is 50.5. The van der Waals surface area contributed by atoms with Gasteiger partial charge in [0.2, 0.25) is 5.91 Å². The first kappa shape index (κ1) is 69.7. The Hall–Kier alpha value is -2.29. The molecule has 0 aromatic carbocycles. The summed E-state index contributed by atoms with van der Waals surface area (Å²) in [7, 11) is 1.48. The van der Waals surface area contributed by atoms with Crippen molar-refractivity contribution in [2.75, 3.05) is 40.9 Å². The van der Waals surface area contributed by atoms with Gasteiger partial charge in [0.05, 0.1) is 33.8 Å². The zero-order chi connectivity index (χ0) is 52.9. The van der Waals surface area contributed by atoms with Gasteiger partial charge in [-0.2, -0.15) is 0 Å². The van der Waals surface area contributed by atoms with Gasteiger partial charge in [-0.05, 0) is 76.7 Å². The van der Waals surface area contributed by atoms with E-state index in [0.29, 0.717) is 23.9 Å². The lowest BCUT2D eigenvalue weighted by atomic mass is 10.0. The van der Waals surface area contributed by atoms with Crippen LogP contribution < -0.4 is 5.32 Å². The van der Waals surface area contributed by atoms with E-state index in [2.05, 4.69) is 74.7 Å². The van der Waals surface area contributed by atoms with E-state index in [4.69, 9.17) is 13.8 Å². The number of amides is 1. The molecule has 0 aromatic rings. The number of phosphoric ester groups is 1. The second kappa shape index (κ2) is 52.2. The number of nitrogens with zero attached hydrogens (tertiary/aromatic N) is 1. The molecule has 1 amide bonds. The highest BCUT2D eigenvalue weighted by Gasteiger charge is 2.30. The van der Waals surface area contributed by atoms with Crippen LogP contribution in [0.5, 0.6) is 0 Å². The fourth-order valence-corrected chi connectivity index (χ4v) is 9.25. The van der Waals surface area contributed by atoms with Crippen molar-refractivity contribution in [1.82, 2.24) is 5.32 Å². The summed E-state index contributed by atoms with van der Waals surface area (Å²) < 4.78 is 30.6. The maximum Gasteiger partial charge on any atom is 0.472 e. The maximum atomic E-state index is 13.5. The van der Waals surface area contributed by atoms with Crippen molar-refractivity contribution in [2.24, 2.45) is 0 Å². The summed E-state index contributed by atoms with van der Waals surface area (Å²) in [6.07, 6.45) is 64.9. The zero-order valence-electron chi connectivity index (χ0n) is 47.9. The Morgan fingerprint density at radius 1 is 0.486 bits per heavy atom. The van der Waals surface area contributed by atoms with Crippen LogP contribution in [0.25, 0.3) is 0 Å². The summed E-state index contributed by atoms with van der Waals surface area (Å²) in [6.45, 7) is 6.98. The Balaban J connectivity index is 5.38. The van der Waals surface area contributed by atoms with Gasteiger partial charge in [0, 0.05) is 12.8 Å². The number of hydrogen-bond donors (Lipinski definition) is 2. The lowest BCUT2D eigenvalue weighted by molar-refractivity contribution is -0.870. The van der Waals surface area contributed by atoms with E-state index in [1.165, 1.54) is 154 Å². The van der Waals surface area contributed by atoms with E-state index in [1.54, 1.807) is 0 Å². The molecular formula is C62H116N2O7P+. The lowest BCUT2D eigenvalue weighted by Gasteiger charge is -2.27. The second-order valence-corrected chi connectivity index (χ2v) is 23.0. The third kappa shape index (κ3) is 52.6. The van der Waals surface area contributed by atoms with Crippen LogP contribution in [0.2, 0.25) is 0 Å². The van der Waals surface area contributed by atoms with Crippen LogP contribution in [0.3, 0.4) is 0 Å². The van der Waals surface area contributed by atoms with E-state index < -0.39 is 20.0 Å². The zero-order valence-corrected chi connectivity index (χ0v) is 48.8. The number of nitrogens with one attached hydrogen (secondary N) is 1. The summed E-state index contributed by atoms with van der Waals surface area (Å²) in [6, 6.07) is -0.860. The first-order chi connectivity index (χ1) is 34.9. The van der Waals surface area contributed by atoms with Gasteiger partial charge in [0.25, 0.3) is 0 Å². The molecular weight excluding hydrogens is 916 g/mol. The average Bonchev–Trinajstić information content (AvgIpc) is 3.34. The molecule has 3 unspecified atom stereocenters. The third-order valence-corrected chi connectivity index (χ3v) is 14.2. The highest BCUT2D eigenvalue weighted by Crippen LogP contribution is 2.43. The molecule has 0 aromatic heterocycles. The molecule has 0 saturated heterocycles. The quantitative estimate of drug-likeness (QED) is 0.0205. The molecule has 0 radical (unpaired) electrons. The fraction of sp³-hybridized carbons (Fsp3) is 0.806. The van der Waals surface area contributed by atoms with Crippen molar-refractivity contribution in [3.05, 3.63) is 60.8 Å². The van der Waals surface area contributed by atoms with Crippen LogP contribution in [0.1, 0.15) is 271 Å². The van der Waals surface area contributed by atoms with Crippen LogP contribution in [-0.4, -0.2) is 74.3 Å². The number of quaternary nitrogens is 1. The van der Waals surface area contributed by atoms with E-state index in [9.17, 15) is 19.0 Å². The number of carbonyl (C=O) groups is 2. The Bertz CT molecular complexity index is 1420. The van der Waals surface area contributed by atoms with Gasteiger partial charge in [0.1, 0.15) is 19.3 Å². The molecule has 420 valence electrons. The van der Waals surface area contributed by atoms with Crippen molar-refractivity contribution >= 4 is 19.7 Å². The molecule has 0 aliphatic rings. The van der Waals surface area contributed by atoms with Gasteiger partial charge in [-0.1, -0.05) is 242 Å². The number of ether oxygens (including phenoxy) is 1. The van der Waals surface area contributed by atoms with Crippen molar-refractivity contribution in [3.63, 3.8) is 0 Å². The predicted octanol–water partition coefficient (Wildman–Crippen LogP) is 18.3. The van der Waals surface area contributed by atoms with Gasteiger partial charge < -0.3 is 19.4 Å². The number of likely N-dealkylation sites (N-methyl/N-ethyl adjacent to an activating group) is 1. The van der Waals surface area contributed by atoms with Gasteiger partial charge in [-0.15, -0.1) is 0 Å². The van der Waals surface area contributed by atoms with Crippen LogP contribution >= 0.6 is 7.82 Å². The highest BCUT2D eigenvalue weighted by molar-refractivity contribution is 7.47. The lowest BCUT2D eigenvalue weighted by Crippen LogP contribution is -2.47. The molecule has 10 heteroatoms. The molecule has 9 nitrogen and oxygen atoms in total. The minimum Gasteiger partial charge on any atom is -0.456 e. The number of esters is 1. The van der Waals surface area contributed by atoms with Crippen LogP contribution in [0, 0.1) is 0 Å². The third-order valence-electron chi connectivity index (χ3n) is 13.2.